The molecule has 11 heteroatoms. The SMILES string of the molecule is CSCC[C@H](NC(=O)c1ccc(F)c(S(=O)(=O)N2CCCCC2)c1)c1nnc2ccccn12. The minimum absolute atomic E-state index is 0.0787. The van der Waals surface area contributed by atoms with Gasteiger partial charge in [-0.05, 0) is 61.6 Å². The third-order valence-corrected chi connectivity index (χ3v) is 8.25. The molecule has 1 atom stereocenters. The molecular formula is C22H26FN5O3S2. The maximum atomic E-state index is 14.5. The van der Waals surface area contributed by atoms with Crippen molar-refractivity contribution in [1.29, 1.82) is 0 Å². The molecule has 1 saturated heterocycles. The molecule has 0 spiro atoms. The number of nitrogens with zero attached hydrogens (tertiary/aromatic N) is 4. The molecule has 33 heavy (non-hydrogen) atoms. The molecule has 0 radical (unpaired) electrons. The van der Waals surface area contributed by atoms with Crippen LogP contribution in [0.5, 0.6) is 0 Å². The van der Waals surface area contributed by atoms with Gasteiger partial charge in [0, 0.05) is 24.8 Å². The third-order valence-electron chi connectivity index (χ3n) is 5.69. The average molecular weight is 492 g/mol. The number of nitrogens with one attached hydrogen (secondary N) is 1. The van der Waals surface area contributed by atoms with Gasteiger partial charge in [-0.2, -0.15) is 16.1 Å². The van der Waals surface area contributed by atoms with Crippen LogP contribution in [0, 0.1) is 5.82 Å². The Bertz CT molecular complexity index is 1240. The number of hydrogen-bond donors (Lipinski definition) is 1. The molecule has 3 aromatic rings. The Kier molecular flexibility index (Phi) is 7.30. The van der Waals surface area contributed by atoms with Gasteiger partial charge in [0.05, 0.1) is 6.04 Å². The van der Waals surface area contributed by atoms with Crippen LogP contribution in [-0.2, 0) is 10.0 Å². The summed E-state index contributed by atoms with van der Waals surface area (Å²) < 4.78 is 43.7. The first kappa shape index (κ1) is 23.7. The number of carbonyl (C=O) groups is 1. The van der Waals surface area contributed by atoms with Crippen LogP contribution in [0.3, 0.4) is 0 Å². The first-order chi connectivity index (χ1) is 15.9. The van der Waals surface area contributed by atoms with E-state index in [1.54, 1.807) is 11.8 Å². The highest BCUT2D eigenvalue weighted by Crippen LogP contribution is 2.25. The molecule has 1 aliphatic rings. The predicted octanol–water partition coefficient (Wildman–Crippen LogP) is 3.27. The standard InChI is InChI=1S/C22H26FN5O3S2/c1-32-14-10-18(21-26-25-20-7-3-6-13-28(20)21)24-22(29)16-8-9-17(23)19(15-16)33(30,31)27-11-4-2-5-12-27/h3,6-9,13,15,18H,2,4-5,10-12,14H2,1H3,(H,24,29)/t18-/m0/s1. The molecule has 4 rings (SSSR count). The van der Waals surface area contributed by atoms with E-state index < -0.39 is 32.7 Å². The lowest BCUT2D eigenvalue weighted by molar-refractivity contribution is 0.0933. The smallest absolute Gasteiger partial charge is 0.251 e. The van der Waals surface area contributed by atoms with E-state index in [0.717, 1.165) is 37.1 Å². The lowest BCUT2D eigenvalue weighted by Crippen LogP contribution is -2.36. The number of aromatic nitrogens is 3. The number of thioether (sulfide) groups is 1. The second-order valence-electron chi connectivity index (χ2n) is 7.90. The van der Waals surface area contributed by atoms with Crippen molar-refractivity contribution in [1.82, 2.24) is 24.2 Å². The summed E-state index contributed by atoms with van der Waals surface area (Å²) in [5, 5.41) is 11.3. The number of hydrogen-bond acceptors (Lipinski definition) is 6. The Morgan fingerprint density at radius 3 is 2.73 bits per heavy atom. The summed E-state index contributed by atoms with van der Waals surface area (Å²) in [5.74, 6) is -0.00954. The molecule has 2 aromatic heterocycles. The molecule has 176 valence electrons. The van der Waals surface area contributed by atoms with Crippen molar-refractivity contribution in [2.24, 2.45) is 0 Å². The van der Waals surface area contributed by atoms with E-state index in [0.29, 0.717) is 31.0 Å². The summed E-state index contributed by atoms with van der Waals surface area (Å²) in [4.78, 5) is 12.6. The second kappa shape index (κ2) is 10.2. The van der Waals surface area contributed by atoms with E-state index in [-0.39, 0.29) is 5.56 Å². The molecule has 3 heterocycles. The van der Waals surface area contributed by atoms with Gasteiger partial charge in [-0.25, -0.2) is 12.8 Å². The number of halogens is 1. The molecule has 0 saturated carbocycles. The number of pyridine rings is 1. The molecule has 1 aliphatic heterocycles. The second-order valence-corrected chi connectivity index (χ2v) is 10.8. The minimum atomic E-state index is -4.01. The summed E-state index contributed by atoms with van der Waals surface area (Å²) in [6.07, 6.45) is 6.83. The topological polar surface area (TPSA) is 96.7 Å². The van der Waals surface area contributed by atoms with Crippen molar-refractivity contribution in [3.63, 3.8) is 0 Å². The van der Waals surface area contributed by atoms with E-state index >= 15 is 0 Å². The lowest BCUT2D eigenvalue weighted by atomic mass is 10.1. The number of carbonyl (C=O) groups excluding carboxylic acids is 1. The third kappa shape index (κ3) is 5.04. The van der Waals surface area contributed by atoms with E-state index in [4.69, 9.17) is 0 Å². The van der Waals surface area contributed by atoms with Crippen molar-refractivity contribution in [2.75, 3.05) is 25.1 Å². The summed E-state index contributed by atoms with van der Waals surface area (Å²) >= 11 is 1.64. The van der Waals surface area contributed by atoms with Gasteiger partial charge in [-0.1, -0.05) is 12.5 Å². The number of benzene rings is 1. The van der Waals surface area contributed by atoms with Gasteiger partial charge in [0.25, 0.3) is 5.91 Å². The molecule has 1 fully saturated rings. The minimum Gasteiger partial charge on any atom is -0.342 e. The quantitative estimate of drug-likeness (QED) is 0.520. The lowest BCUT2D eigenvalue weighted by Gasteiger charge is -2.26. The van der Waals surface area contributed by atoms with E-state index in [2.05, 4.69) is 15.5 Å². The number of piperidine rings is 1. The van der Waals surface area contributed by atoms with E-state index in [9.17, 15) is 17.6 Å². The molecule has 0 bridgehead atoms. The van der Waals surface area contributed by atoms with Crippen molar-refractivity contribution < 1.29 is 17.6 Å². The Morgan fingerprint density at radius 2 is 1.97 bits per heavy atom. The van der Waals surface area contributed by atoms with Crippen molar-refractivity contribution >= 4 is 33.3 Å². The Hall–Kier alpha value is -2.50. The van der Waals surface area contributed by atoms with Gasteiger partial charge in [0.15, 0.2) is 11.5 Å². The normalized spacial score (nSPS) is 16.1. The first-order valence-electron chi connectivity index (χ1n) is 10.8. The number of rotatable bonds is 8. The molecule has 0 aliphatic carbocycles. The number of fused-ring (bicyclic) bond motifs is 1. The van der Waals surface area contributed by atoms with Crippen LogP contribution in [0.4, 0.5) is 4.39 Å². The summed E-state index contributed by atoms with van der Waals surface area (Å²) in [6, 6.07) is 8.54. The fourth-order valence-electron chi connectivity index (χ4n) is 3.93. The van der Waals surface area contributed by atoms with Gasteiger partial charge < -0.3 is 5.32 Å². The zero-order valence-electron chi connectivity index (χ0n) is 18.3. The van der Waals surface area contributed by atoms with Crippen LogP contribution < -0.4 is 5.32 Å². The summed E-state index contributed by atoms with van der Waals surface area (Å²) in [6.45, 7) is 0.712. The highest BCUT2D eigenvalue weighted by Gasteiger charge is 2.30. The van der Waals surface area contributed by atoms with Crippen LogP contribution in [0.2, 0.25) is 0 Å². The van der Waals surface area contributed by atoms with Gasteiger partial charge in [-0.15, -0.1) is 10.2 Å². The predicted molar refractivity (Wildman–Crippen MR) is 125 cm³/mol. The van der Waals surface area contributed by atoms with Gasteiger partial charge in [0.1, 0.15) is 10.7 Å². The fraction of sp³-hybridized carbons (Fsp3) is 0.409. The van der Waals surface area contributed by atoms with Crippen LogP contribution in [0.1, 0.15) is 47.9 Å². The highest BCUT2D eigenvalue weighted by molar-refractivity contribution is 7.98. The number of sulfonamides is 1. The fourth-order valence-corrected chi connectivity index (χ4v) is 6.01. The van der Waals surface area contributed by atoms with Gasteiger partial charge in [-0.3, -0.25) is 9.20 Å². The first-order valence-corrected chi connectivity index (χ1v) is 13.6. The molecule has 1 aromatic carbocycles. The highest BCUT2D eigenvalue weighted by atomic mass is 32.2. The summed E-state index contributed by atoms with van der Waals surface area (Å²) in [7, 11) is -4.01. The van der Waals surface area contributed by atoms with Crippen molar-refractivity contribution in [3.05, 3.63) is 59.8 Å². The number of amides is 1. The molecular weight excluding hydrogens is 465 g/mol. The summed E-state index contributed by atoms with van der Waals surface area (Å²) in [5.41, 5.74) is 0.738. The maximum Gasteiger partial charge on any atom is 0.251 e. The van der Waals surface area contributed by atoms with Crippen LogP contribution >= 0.6 is 11.8 Å². The van der Waals surface area contributed by atoms with Gasteiger partial charge in [0.2, 0.25) is 10.0 Å². The van der Waals surface area contributed by atoms with Crippen LogP contribution in [0.15, 0.2) is 47.5 Å². The Morgan fingerprint density at radius 1 is 1.18 bits per heavy atom. The largest absolute Gasteiger partial charge is 0.342 e. The zero-order valence-corrected chi connectivity index (χ0v) is 19.9. The molecule has 1 N–H and O–H groups in total. The zero-order chi connectivity index (χ0) is 23.4. The molecule has 0 unspecified atom stereocenters. The van der Waals surface area contributed by atoms with Gasteiger partial charge >= 0.3 is 0 Å². The van der Waals surface area contributed by atoms with E-state index in [1.165, 1.54) is 10.4 Å². The van der Waals surface area contributed by atoms with Crippen molar-refractivity contribution in [3.8, 4) is 0 Å². The monoisotopic (exact) mass is 491 g/mol. The van der Waals surface area contributed by atoms with Crippen molar-refractivity contribution in [2.45, 2.75) is 36.6 Å². The van der Waals surface area contributed by atoms with Crippen LogP contribution in [0.25, 0.3) is 5.65 Å². The Balaban J connectivity index is 1.62. The van der Waals surface area contributed by atoms with Crippen LogP contribution in [-0.4, -0.2) is 58.3 Å². The molecule has 8 nitrogen and oxygen atoms in total. The maximum absolute atomic E-state index is 14.5. The Labute approximate surface area is 196 Å². The average Bonchev–Trinajstić information content (AvgIpc) is 3.26. The molecule has 1 amide bonds. The van der Waals surface area contributed by atoms with E-state index in [1.807, 2.05) is 35.1 Å².